The van der Waals surface area contributed by atoms with Crippen LogP contribution in [-0.4, -0.2) is 41.4 Å². The highest BCUT2D eigenvalue weighted by atomic mass is 32.2. The Labute approximate surface area is 139 Å². The van der Waals surface area contributed by atoms with Crippen LogP contribution in [0.4, 0.5) is 11.4 Å². The van der Waals surface area contributed by atoms with Crippen LogP contribution in [0.25, 0.3) is 0 Å². The molecule has 1 aromatic carbocycles. The molecule has 0 aliphatic carbocycles. The van der Waals surface area contributed by atoms with Gasteiger partial charge in [0.15, 0.2) is 0 Å². The van der Waals surface area contributed by atoms with Crippen molar-refractivity contribution in [2.75, 3.05) is 28.8 Å². The first-order chi connectivity index (χ1) is 10.8. The van der Waals surface area contributed by atoms with Crippen LogP contribution in [0.1, 0.15) is 19.8 Å². The summed E-state index contributed by atoms with van der Waals surface area (Å²) < 4.78 is 0. The van der Waals surface area contributed by atoms with Crippen LogP contribution in [0, 0.1) is 5.41 Å². The maximum Gasteiger partial charge on any atom is 0.311 e. The molecule has 2 N–H and O–H groups in total. The zero-order valence-electron chi connectivity index (χ0n) is 13.2. The van der Waals surface area contributed by atoms with Gasteiger partial charge in [-0.3, -0.25) is 14.4 Å². The maximum absolute atomic E-state index is 12.2. The number of carboxylic acids is 1. The van der Waals surface area contributed by atoms with Crippen molar-refractivity contribution in [1.29, 1.82) is 0 Å². The molecule has 2 amide bonds. The number of rotatable bonds is 5. The van der Waals surface area contributed by atoms with Gasteiger partial charge in [0.05, 0.1) is 5.41 Å². The van der Waals surface area contributed by atoms with Gasteiger partial charge >= 0.3 is 5.97 Å². The number of carboxylic acid groups (broad SMARTS) is 1. The number of aliphatic carboxylic acids is 1. The summed E-state index contributed by atoms with van der Waals surface area (Å²) in [5.41, 5.74) is 0.357. The van der Waals surface area contributed by atoms with E-state index in [9.17, 15) is 19.5 Å². The quantitative estimate of drug-likeness (QED) is 0.861. The molecule has 124 valence electrons. The second kappa shape index (κ2) is 7.04. The Morgan fingerprint density at radius 1 is 1.30 bits per heavy atom. The Balaban J connectivity index is 2.00. The lowest BCUT2D eigenvalue weighted by molar-refractivity contribution is -0.149. The van der Waals surface area contributed by atoms with Crippen LogP contribution in [0.3, 0.4) is 0 Å². The summed E-state index contributed by atoms with van der Waals surface area (Å²) in [6.07, 6.45) is 0.493. The number of carbonyl (C=O) groups is 3. The molecule has 1 heterocycles. The molecule has 1 aliphatic heterocycles. The van der Waals surface area contributed by atoms with Crippen LogP contribution in [0.2, 0.25) is 0 Å². The van der Waals surface area contributed by atoms with Crippen molar-refractivity contribution in [3.63, 3.8) is 0 Å². The second-order valence-electron chi connectivity index (χ2n) is 5.74. The minimum absolute atomic E-state index is 0.0234. The molecule has 6 nitrogen and oxygen atoms in total. The van der Waals surface area contributed by atoms with E-state index in [0.29, 0.717) is 17.9 Å². The molecule has 1 unspecified atom stereocenters. The van der Waals surface area contributed by atoms with Crippen molar-refractivity contribution < 1.29 is 19.5 Å². The van der Waals surface area contributed by atoms with E-state index in [4.69, 9.17) is 0 Å². The van der Waals surface area contributed by atoms with Gasteiger partial charge in [0.1, 0.15) is 0 Å². The summed E-state index contributed by atoms with van der Waals surface area (Å²) in [6, 6.07) is 6.86. The zero-order chi connectivity index (χ0) is 17.0. The smallest absolute Gasteiger partial charge is 0.311 e. The minimum atomic E-state index is -0.955. The molecule has 7 heteroatoms. The zero-order valence-corrected chi connectivity index (χ0v) is 14.0. The Morgan fingerprint density at radius 3 is 2.43 bits per heavy atom. The van der Waals surface area contributed by atoms with Gasteiger partial charge in [-0.25, -0.2) is 0 Å². The molecule has 1 atom stereocenters. The van der Waals surface area contributed by atoms with Gasteiger partial charge in [-0.1, -0.05) is 0 Å². The lowest BCUT2D eigenvalue weighted by Crippen LogP contribution is -2.35. The normalized spacial score (nSPS) is 20.1. The topological polar surface area (TPSA) is 86.7 Å². The number of nitrogens with one attached hydrogen (secondary N) is 1. The molecule has 1 fully saturated rings. The number of benzene rings is 1. The predicted octanol–water partition coefficient (Wildman–Crippen LogP) is 2.21. The maximum atomic E-state index is 12.2. The van der Waals surface area contributed by atoms with Gasteiger partial charge < -0.3 is 15.3 Å². The molecule has 0 spiro atoms. The number of amides is 2. The molecule has 1 aliphatic rings. The van der Waals surface area contributed by atoms with E-state index < -0.39 is 11.4 Å². The third-order valence-electron chi connectivity index (χ3n) is 4.07. The van der Waals surface area contributed by atoms with Crippen LogP contribution in [0.15, 0.2) is 24.3 Å². The number of thioether (sulfide) groups is 1. The van der Waals surface area contributed by atoms with Crippen molar-refractivity contribution in [3.8, 4) is 0 Å². The third kappa shape index (κ3) is 4.04. The highest BCUT2D eigenvalue weighted by molar-refractivity contribution is 7.99. The number of anilines is 2. The largest absolute Gasteiger partial charge is 0.481 e. The fraction of sp³-hybridized carbons (Fsp3) is 0.438. The van der Waals surface area contributed by atoms with Crippen LogP contribution in [0.5, 0.6) is 0 Å². The summed E-state index contributed by atoms with van der Waals surface area (Å²) in [6.45, 7) is 1.47. The Morgan fingerprint density at radius 2 is 1.96 bits per heavy atom. The molecule has 0 aromatic heterocycles. The molecule has 0 saturated carbocycles. The van der Waals surface area contributed by atoms with Crippen LogP contribution >= 0.6 is 11.8 Å². The van der Waals surface area contributed by atoms with E-state index in [1.165, 1.54) is 11.8 Å². The highest BCUT2D eigenvalue weighted by Gasteiger charge is 2.43. The first-order valence-corrected chi connectivity index (χ1v) is 8.45. The molecule has 2 rings (SSSR count). The summed E-state index contributed by atoms with van der Waals surface area (Å²) in [7, 11) is 1.67. The monoisotopic (exact) mass is 336 g/mol. The summed E-state index contributed by atoms with van der Waals surface area (Å²) >= 11 is 1.57. The summed E-state index contributed by atoms with van der Waals surface area (Å²) in [4.78, 5) is 36.4. The van der Waals surface area contributed by atoms with Crippen LogP contribution < -0.4 is 10.2 Å². The van der Waals surface area contributed by atoms with E-state index in [2.05, 4.69) is 5.32 Å². The molecule has 1 aromatic rings. The Bertz CT molecular complexity index is 609. The van der Waals surface area contributed by atoms with Gasteiger partial charge in [0, 0.05) is 37.5 Å². The lowest BCUT2D eigenvalue weighted by atomic mass is 9.84. The van der Waals surface area contributed by atoms with Crippen molar-refractivity contribution in [1.82, 2.24) is 0 Å². The highest BCUT2D eigenvalue weighted by Crippen LogP contribution is 2.39. The van der Waals surface area contributed by atoms with Gasteiger partial charge in [-0.15, -0.1) is 0 Å². The van der Waals surface area contributed by atoms with Crippen LogP contribution in [-0.2, 0) is 14.4 Å². The molecule has 1 saturated heterocycles. The third-order valence-corrected chi connectivity index (χ3v) is 5.32. The average Bonchev–Trinajstić information content (AvgIpc) is 2.97. The van der Waals surface area contributed by atoms with Gasteiger partial charge in [-0.2, -0.15) is 11.8 Å². The number of hydrogen-bond donors (Lipinski definition) is 2. The van der Waals surface area contributed by atoms with E-state index in [1.807, 2.05) is 0 Å². The lowest BCUT2D eigenvalue weighted by Gasteiger charge is -2.22. The van der Waals surface area contributed by atoms with Crippen molar-refractivity contribution in [2.45, 2.75) is 19.8 Å². The van der Waals surface area contributed by atoms with Gasteiger partial charge in [-0.05, 0) is 36.4 Å². The summed E-state index contributed by atoms with van der Waals surface area (Å²) in [5.74, 6) is -0.0494. The van der Waals surface area contributed by atoms with Crippen molar-refractivity contribution in [2.24, 2.45) is 5.41 Å². The summed E-state index contributed by atoms with van der Waals surface area (Å²) in [5, 5.41) is 12.1. The number of nitrogens with zero attached hydrogens (tertiary/aromatic N) is 1. The molecular weight excluding hydrogens is 316 g/mol. The Hall–Kier alpha value is -2.02. The first kappa shape index (κ1) is 17.3. The molecule has 23 heavy (non-hydrogen) atoms. The molecule has 0 bridgehead atoms. The van der Waals surface area contributed by atoms with E-state index >= 15 is 0 Å². The predicted molar refractivity (Wildman–Crippen MR) is 90.8 cm³/mol. The van der Waals surface area contributed by atoms with Gasteiger partial charge in [0.2, 0.25) is 11.8 Å². The SMILES string of the molecule is CC(=O)N(C)c1ccc(NC(=O)CC2(C(=O)O)CCSC2)cc1. The van der Waals surface area contributed by atoms with Gasteiger partial charge in [0.25, 0.3) is 0 Å². The van der Waals surface area contributed by atoms with Crippen molar-refractivity contribution in [3.05, 3.63) is 24.3 Å². The molecular formula is C16H20N2O4S. The Kier molecular flexibility index (Phi) is 5.30. The second-order valence-corrected chi connectivity index (χ2v) is 6.84. The van der Waals surface area contributed by atoms with E-state index in [0.717, 1.165) is 11.4 Å². The fourth-order valence-electron chi connectivity index (χ4n) is 2.45. The first-order valence-electron chi connectivity index (χ1n) is 7.29. The standard InChI is InChI=1S/C16H20N2O4S/c1-11(19)18(2)13-5-3-12(4-6-13)17-14(20)9-16(15(21)22)7-8-23-10-16/h3-6H,7-10H2,1-2H3,(H,17,20)(H,21,22). The average molecular weight is 336 g/mol. The van der Waals surface area contributed by atoms with Crippen molar-refractivity contribution >= 4 is 40.9 Å². The molecule has 0 radical (unpaired) electrons. The van der Waals surface area contributed by atoms with E-state index in [-0.39, 0.29) is 18.2 Å². The number of carbonyl (C=O) groups excluding carboxylic acids is 2. The number of hydrogen-bond acceptors (Lipinski definition) is 4. The fourth-order valence-corrected chi connectivity index (χ4v) is 3.89. The minimum Gasteiger partial charge on any atom is -0.481 e. The van der Waals surface area contributed by atoms with E-state index in [1.54, 1.807) is 43.1 Å².